The van der Waals surface area contributed by atoms with Crippen LogP contribution >= 0.6 is 23.8 Å². The molecule has 0 spiro atoms. The number of amides is 1. The SMILES string of the molecule is O=C(COc1ccccc1)NC(=S)Nc1cc(Cl)ccc1N1CCOCC1. The van der Waals surface area contributed by atoms with Crippen molar-refractivity contribution in [2.45, 2.75) is 0 Å². The molecule has 1 aliphatic rings. The lowest BCUT2D eigenvalue weighted by Gasteiger charge is -2.30. The number of para-hydroxylation sites is 1. The number of morpholine rings is 1. The maximum atomic E-state index is 12.1. The van der Waals surface area contributed by atoms with Crippen molar-refractivity contribution >= 4 is 46.2 Å². The van der Waals surface area contributed by atoms with Crippen molar-refractivity contribution in [3.8, 4) is 5.75 Å². The van der Waals surface area contributed by atoms with E-state index in [1.807, 2.05) is 30.3 Å². The molecular formula is C19H20ClN3O3S. The molecule has 0 aliphatic carbocycles. The number of carbonyl (C=O) groups is 1. The van der Waals surface area contributed by atoms with Crippen LogP contribution in [-0.2, 0) is 9.53 Å². The molecule has 1 fully saturated rings. The number of hydrogen-bond acceptors (Lipinski definition) is 5. The topological polar surface area (TPSA) is 62.8 Å². The summed E-state index contributed by atoms with van der Waals surface area (Å²) in [7, 11) is 0. The Bertz CT molecular complexity index is 798. The fourth-order valence-electron chi connectivity index (χ4n) is 2.67. The lowest BCUT2D eigenvalue weighted by atomic mass is 10.2. The molecule has 1 saturated heterocycles. The molecule has 0 bridgehead atoms. The summed E-state index contributed by atoms with van der Waals surface area (Å²) in [6.45, 7) is 2.76. The van der Waals surface area contributed by atoms with Gasteiger partial charge in [0, 0.05) is 18.1 Å². The number of halogens is 1. The van der Waals surface area contributed by atoms with Crippen molar-refractivity contribution < 1.29 is 14.3 Å². The number of nitrogens with one attached hydrogen (secondary N) is 2. The van der Waals surface area contributed by atoms with Crippen LogP contribution in [0.2, 0.25) is 5.02 Å². The van der Waals surface area contributed by atoms with Gasteiger partial charge in [0.25, 0.3) is 5.91 Å². The molecule has 1 amide bonds. The Morgan fingerprint density at radius 3 is 2.67 bits per heavy atom. The van der Waals surface area contributed by atoms with E-state index in [0.29, 0.717) is 24.0 Å². The summed E-state index contributed by atoms with van der Waals surface area (Å²) in [5.41, 5.74) is 1.69. The Balaban J connectivity index is 1.58. The number of hydrogen-bond donors (Lipinski definition) is 2. The number of thiocarbonyl (C=S) groups is 1. The van der Waals surface area contributed by atoms with Gasteiger partial charge >= 0.3 is 0 Å². The van der Waals surface area contributed by atoms with Crippen molar-refractivity contribution in [2.75, 3.05) is 43.1 Å². The molecule has 0 atom stereocenters. The highest BCUT2D eigenvalue weighted by Gasteiger charge is 2.16. The van der Waals surface area contributed by atoms with Crippen LogP contribution in [0.4, 0.5) is 11.4 Å². The number of ether oxygens (including phenoxy) is 2. The Morgan fingerprint density at radius 1 is 1.19 bits per heavy atom. The minimum absolute atomic E-state index is 0.127. The summed E-state index contributed by atoms with van der Waals surface area (Å²) in [6.07, 6.45) is 0. The molecule has 142 valence electrons. The third kappa shape index (κ3) is 5.82. The van der Waals surface area contributed by atoms with Crippen LogP contribution in [0, 0.1) is 0 Å². The number of carbonyl (C=O) groups excluding carboxylic acids is 1. The van der Waals surface area contributed by atoms with Crippen LogP contribution in [0.25, 0.3) is 0 Å². The van der Waals surface area contributed by atoms with E-state index in [1.54, 1.807) is 18.2 Å². The Hall–Kier alpha value is -2.35. The second kappa shape index (κ2) is 9.55. The number of rotatable bonds is 5. The second-order valence-electron chi connectivity index (χ2n) is 5.86. The zero-order valence-electron chi connectivity index (χ0n) is 14.6. The molecule has 2 N–H and O–H groups in total. The molecule has 6 nitrogen and oxygen atoms in total. The third-order valence-electron chi connectivity index (χ3n) is 3.92. The van der Waals surface area contributed by atoms with Crippen molar-refractivity contribution in [3.05, 3.63) is 53.6 Å². The van der Waals surface area contributed by atoms with E-state index in [-0.39, 0.29) is 17.6 Å². The predicted octanol–water partition coefficient (Wildman–Crippen LogP) is 3.07. The smallest absolute Gasteiger partial charge is 0.264 e. The molecule has 1 aliphatic heterocycles. The Kier molecular flexibility index (Phi) is 6.86. The standard InChI is InChI=1S/C19H20ClN3O3S/c20-14-6-7-17(23-8-10-25-11-9-23)16(12-14)21-19(27)22-18(24)13-26-15-4-2-1-3-5-15/h1-7,12H,8-11,13H2,(H2,21,22,24,27). The van der Waals surface area contributed by atoms with Gasteiger partial charge in [-0.1, -0.05) is 29.8 Å². The van der Waals surface area contributed by atoms with Crippen molar-refractivity contribution in [2.24, 2.45) is 0 Å². The summed E-state index contributed by atoms with van der Waals surface area (Å²) in [5, 5.41) is 6.44. The van der Waals surface area contributed by atoms with E-state index in [0.717, 1.165) is 24.5 Å². The summed E-state index contributed by atoms with van der Waals surface area (Å²) >= 11 is 11.4. The van der Waals surface area contributed by atoms with Gasteiger partial charge in [0.15, 0.2) is 11.7 Å². The third-order valence-corrected chi connectivity index (χ3v) is 4.36. The maximum absolute atomic E-state index is 12.1. The largest absolute Gasteiger partial charge is 0.484 e. The Labute approximate surface area is 168 Å². The maximum Gasteiger partial charge on any atom is 0.264 e. The first-order chi connectivity index (χ1) is 13.1. The molecule has 0 radical (unpaired) electrons. The van der Waals surface area contributed by atoms with E-state index in [4.69, 9.17) is 33.3 Å². The number of nitrogens with zero attached hydrogens (tertiary/aromatic N) is 1. The molecular weight excluding hydrogens is 386 g/mol. The molecule has 8 heteroatoms. The predicted molar refractivity (Wildman–Crippen MR) is 111 cm³/mol. The van der Waals surface area contributed by atoms with E-state index >= 15 is 0 Å². The van der Waals surface area contributed by atoms with Crippen LogP contribution in [0.5, 0.6) is 5.75 Å². The molecule has 2 aromatic carbocycles. The molecule has 1 heterocycles. The van der Waals surface area contributed by atoms with E-state index in [2.05, 4.69) is 15.5 Å². The van der Waals surface area contributed by atoms with Crippen molar-refractivity contribution in [3.63, 3.8) is 0 Å². The van der Waals surface area contributed by atoms with Gasteiger partial charge in [-0.3, -0.25) is 10.1 Å². The average Bonchev–Trinajstić information content (AvgIpc) is 2.68. The van der Waals surface area contributed by atoms with Crippen LogP contribution in [0.1, 0.15) is 0 Å². The van der Waals surface area contributed by atoms with Gasteiger partial charge in [0.2, 0.25) is 0 Å². The molecule has 3 rings (SSSR count). The first kappa shape index (κ1) is 19.4. The summed E-state index contributed by atoms with van der Waals surface area (Å²) in [5.74, 6) is 0.280. The first-order valence-corrected chi connectivity index (χ1v) is 9.31. The zero-order valence-corrected chi connectivity index (χ0v) is 16.2. The lowest BCUT2D eigenvalue weighted by molar-refractivity contribution is -0.121. The second-order valence-corrected chi connectivity index (χ2v) is 6.71. The van der Waals surface area contributed by atoms with Crippen LogP contribution in [0.15, 0.2) is 48.5 Å². The highest BCUT2D eigenvalue weighted by Crippen LogP contribution is 2.29. The minimum atomic E-state index is -0.341. The molecule has 27 heavy (non-hydrogen) atoms. The Morgan fingerprint density at radius 2 is 1.93 bits per heavy atom. The zero-order chi connectivity index (χ0) is 19.1. The van der Waals surface area contributed by atoms with Gasteiger partial charge < -0.3 is 19.7 Å². The monoisotopic (exact) mass is 405 g/mol. The summed E-state index contributed by atoms with van der Waals surface area (Å²) in [6, 6.07) is 14.7. The molecule has 2 aromatic rings. The van der Waals surface area contributed by atoms with E-state index in [1.165, 1.54) is 0 Å². The van der Waals surface area contributed by atoms with Gasteiger partial charge in [0.1, 0.15) is 5.75 Å². The first-order valence-electron chi connectivity index (χ1n) is 8.53. The minimum Gasteiger partial charge on any atom is -0.484 e. The number of benzene rings is 2. The quantitative estimate of drug-likeness (QED) is 0.745. The van der Waals surface area contributed by atoms with Gasteiger partial charge in [-0.15, -0.1) is 0 Å². The van der Waals surface area contributed by atoms with Crippen LogP contribution in [-0.4, -0.2) is 43.9 Å². The average molecular weight is 406 g/mol. The fraction of sp³-hybridized carbons (Fsp3) is 0.263. The molecule has 0 saturated carbocycles. The van der Waals surface area contributed by atoms with E-state index < -0.39 is 0 Å². The van der Waals surface area contributed by atoms with Crippen LogP contribution < -0.4 is 20.3 Å². The van der Waals surface area contributed by atoms with Gasteiger partial charge in [-0.25, -0.2) is 0 Å². The normalized spacial score (nSPS) is 13.7. The van der Waals surface area contributed by atoms with E-state index in [9.17, 15) is 4.79 Å². The summed E-state index contributed by atoms with van der Waals surface area (Å²) in [4.78, 5) is 14.2. The van der Waals surface area contributed by atoms with Gasteiger partial charge in [-0.05, 0) is 42.5 Å². The molecule has 0 aromatic heterocycles. The lowest BCUT2D eigenvalue weighted by Crippen LogP contribution is -2.39. The fourth-order valence-corrected chi connectivity index (χ4v) is 3.07. The van der Waals surface area contributed by atoms with Gasteiger partial charge in [0.05, 0.1) is 24.6 Å². The van der Waals surface area contributed by atoms with Crippen molar-refractivity contribution in [1.82, 2.24) is 5.32 Å². The van der Waals surface area contributed by atoms with Crippen LogP contribution in [0.3, 0.4) is 0 Å². The van der Waals surface area contributed by atoms with Gasteiger partial charge in [-0.2, -0.15) is 0 Å². The highest BCUT2D eigenvalue weighted by molar-refractivity contribution is 7.80. The molecule has 0 unspecified atom stereocenters. The number of anilines is 2. The van der Waals surface area contributed by atoms with Crippen molar-refractivity contribution in [1.29, 1.82) is 0 Å². The highest BCUT2D eigenvalue weighted by atomic mass is 35.5. The summed E-state index contributed by atoms with van der Waals surface area (Å²) < 4.78 is 10.8.